The number of phenolic OH excluding ortho intramolecular Hbond substituents is 1. The number of rotatable bonds is 6. The molecule has 0 aromatic heterocycles. The van der Waals surface area contributed by atoms with Gasteiger partial charge in [-0.05, 0) is 59.7 Å². The van der Waals surface area contributed by atoms with E-state index in [0.29, 0.717) is 28.1 Å². The number of amides is 1. The van der Waals surface area contributed by atoms with Crippen molar-refractivity contribution in [3.8, 4) is 11.5 Å². The largest absolute Gasteiger partial charge is 0.508 e. The Balaban J connectivity index is 1.84. The number of aliphatic hydroxyl groups is 1. The van der Waals surface area contributed by atoms with Gasteiger partial charge in [0.2, 0.25) is 0 Å². The minimum atomic E-state index is -0.990. The molecule has 2 N–H and O–H groups in total. The number of carbonyl (C=O) groups is 3. The number of aliphatic hydroxyl groups excluding tert-OH is 1. The Bertz CT molecular complexity index is 1310. The van der Waals surface area contributed by atoms with E-state index >= 15 is 0 Å². The molecular formula is C27H23NO7. The third kappa shape index (κ3) is 4.59. The summed E-state index contributed by atoms with van der Waals surface area (Å²) in [5.74, 6) is -1.91. The zero-order valence-electron chi connectivity index (χ0n) is 19.1. The van der Waals surface area contributed by atoms with Gasteiger partial charge in [-0.15, -0.1) is 0 Å². The molecule has 0 bridgehead atoms. The number of anilines is 1. The van der Waals surface area contributed by atoms with Crippen LogP contribution in [0.1, 0.15) is 22.7 Å². The molecule has 35 heavy (non-hydrogen) atoms. The topological polar surface area (TPSA) is 113 Å². The lowest BCUT2D eigenvalue weighted by Gasteiger charge is -2.25. The Morgan fingerprint density at radius 1 is 0.971 bits per heavy atom. The van der Waals surface area contributed by atoms with Crippen LogP contribution < -0.4 is 9.64 Å². The zero-order chi connectivity index (χ0) is 25.1. The van der Waals surface area contributed by atoms with E-state index in [-0.39, 0.29) is 23.5 Å². The number of esters is 1. The Morgan fingerprint density at radius 3 is 2.26 bits per heavy atom. The van der Waals surface area contributed by atoms with Crippen LogP contribution in [0.25, 0.3) is 5.76 Å². The van der Waals surface area contributed by atoms with E-state index in [1.54, 1.807) is 60.7 Å². The van der Waals surface area contributed by atoms with Crippen molar-refractivity contribution in [2.45, 2.75) is 12.5 Å². The molecule has 0 aliphatic carbocycles. The van der Waals surface area contributed by atoms with Crippen LogP contribution in [-0.4, -0.2) is 42.1 Å². The molecule has 3 aromatic carbocycles. The Hall–Kier alpha value is -4.59. The molecule has 8 nitrogen and oxygen atoms in total. The van der Waals surface area contributed by atoms with Crippen LogP contribution >= 0.6 is 0 Å². The average molecular weight is 473 g/mol. The van der Waals surface area contributed by atoms with Crippen LogP contribution in [0.5, 0.6) is 11.5 Å². The summed E-state index contributed by atoms with van der Waals surface area (Å²) in [6.07, 6.45) is 0.0586. The van der Waals surface area contributed by atoms with Gasteiger partial charge >= 0.3 is 5.97 Å². The van der Waals surface area contributed by atoms with E-state index in [4.69, 9.17) is 4.74 Å². The fraction of sp³-hybridized carbons (Fsp3) is 0.148. The first-order valence-corrected chi connectivity index (χ1v) is 10.7. The van der Waals surface area contributed by atoms with Crippen molar-refractivity contribution >= 4 is 29.1 Å². The van der Waals surface area contributed by atoms with Gasteiger partial charge in [0.15, 0.2) is 0 Å². The highest BCUT2D eigenvalue weighted by Gasteiger charge is 2.47. The number of Topliss-reactive ketones (excluding diaryl/α,β-unsaturated/α-hetero) is 1. The van der Waals surface area contributed by atoms with E-state index in [0.717, 1.165) is 0 Å². The molecular weight excluding hydrogens is 450 g/mol. The van der Waals surface area contributed by atoms with E-state index in [1.165, 1.54) is 31.3 Å². The van der Waals surface area contributed by atoms with Gasteiger partial charge in [-0.25, -0.2) is 0 Å². The molecule has 1 saturated heterocycles. The van der Waals surface area contributed by atoms with Gasteiger partial charge in [-0.3, -0.25) is 19.3 Å². The number of hydrogen-bond donors (Lipinski definition) is 2. The third-order valence-electron chi connectivity index (χ3n) is 5.78. The summed E-state index contributed by atoms with van der Waals surface area (Å²) >= 11 is 0. The Morgan fingerprint density at radius 2 is 1.66 bits per heavy atom. The zero-order valence-corrected chi connectivity index (χ0v) is 19.1. The first kappa shape index (κ1) is 23.6. The van der Waals surface area contributed by atoms with Crippen molar-refractivity contribution in [2.75, 3.05) is 19.1 Å². The summed E-state index contributed by atoms with van der Waals surface area (Å²) in [7, 11) is 2.81. The Labute approximate surface area is 201 Å². The maximum atomic E-state index is 13.2. The van der Waals surface area contributed by atoms with Crippen molar-refractivity contribution in [3.63, 3.8) is 0 Å². The van der Waals surface area contributed by atoms with Gasteiger partial charge in [-0.2, -0.15) is 0 Å². The third-order valence-corrected chi connectivity index (χ3v) is 5.78. The molecule has 1 amide bonds. The highest BCUT2D eigenvalue weighted by molar-refractivity contribution is 6.51. The summed E-state index contributed by atoms with van der Waals surface area (Å²) in [5, 5.41) is 21.2. The van der Waals surface area contributed by atoms with Crippen LogP contribution in [0.3, 0.4) is 0 Å². The van der Waals surface area contributed by atoms with Gasteiger partial charge in [0.1, 0.15) is 17.3 Å². The molecule has 0 radical (unpaired) electrons. The SMILES string of the molecule is COC(=O)Cc1ccc(N2C(=O)C(=O)/C(=C(\O)c3ccc(OC)cc3)C2c2cccc(O)c2)cc1. The van der Waals surface area contributed by atoms with Crippen molar-refractivity contribution in [1.29, 1.82) is 0 Å². The number of hydrogen-bond acceptors (Lipinski definition) is 7. The van der Waals surface area contributed by atoms with Crippen molar-refractivity contribution in [1.82, 2.24) is 0 Å². The molecule has 3 aromatic rings. The van der Waals surface area contributed by atoms with E-state index < -0.39 is 23.7 Å². The van der Waals surface area contributed by atoms with E-state index in [2.05, 4.69) is 4.74 Å². The van der Waals surface area contributed by atoms with E-state index in [9.17, 15) is 24.6 Å². The van der Waals surface area contributed by atoms with Crippen molar-refractivity contribution < 1.29 is 34.1 Å². The van der Waals surface area contributed by atoms with Crippen LogP contribution in [0.4, 0.5) is 5.69 Å². The second-order valence-electron chi connectivity index (χ2n) is 7.91. The monoisotopic (exact) mass is 473 g/mol. The van der Waals surface area contributed by atoms with Crippen LogP contribution in [-0.2, 0) is 25.5 Å². The van der Waals surface area contributed by atoms with Gasteiger partial charge in [0.25, 0.3) is 11.7 Å². The minimum absolute atomic E-state index is 0.0500. The molecule has 1 aliphatic rings. The number of benzene rings is 3. The molecule has 1 fully saturated rings. The van der Waals surface area contributed by atoms with Crippen LogP contribution in [0.2, 0.25) is 0 Å². The predicted molar refractivity (Wildman–Crippen MR) is 128 cm³/mol. The standard InChI is InChI=1S/C27H23NO7/c1-34-21-12-8-17(9-13-21)25(31)23-24(18-4-3-5-20(29)15-18)28(27(33)26(23)32)19-10-6-16(7-11-19)14-22(30)35-2/h3-13,15,24,29,31H,14H2,1-2H3/b25-23-. The molecule has 1 atom stereocenters. The smallest absolute Gasteiger partial charge is 0.309 e. The van der Waals surface area contributed by atoms with Gasteiger partial charge < -0.3 is 19.7 Å². The van der Waals surface area contributed by atoms with E-state index in [1.807, 2.05) is 0 Å². The van der Waals surface area contributed by atoms with Gasteiger partial charge in [0, 0.05) is 11.3 Å². The maximum absolute atomic E-state index is 13.2. The quantitative estimate of drug-likeness (QED) is 0.243. The lowest BCUT2D eigenvalue weighted by atomic mass is 9.95. The summed E-state index contributed by atoms with van der Waals surface area (Å²) < 4.78 is 9.83. The number of nitrogens with zero attached hydrogens (tertiary/aromatic N) is 1. The maximum Gasteiger partial charge on any atom is 0.309 e. The second-order valence-corrected chi connectivity index (χ2v) is 7.91. The summed E-state index contributed by atoms with van der Waals surface area (Å²) in [4.78, 5) is 39.2. The molecule has 1 heterocycles. The predicted octanol–water partition coefficient (Wildman–Crippen LogP) is 3.74. The highest BCUT2D eigenvalue weighted by Crippen LogP contribution is 2.42. The molecule has 1 aliphatic heterocycles. The molecule has 8 heteroatoms. The molecule has 0 saturated carbocycles. The summed E-state index contributed by atoms with van der Waals surface area (Å²) in [5.41, 5.74) is 1.73. The lowest BCUT2D eigenvalue weighted by Crippen LogP contribution is -2.29. The number of aromatic hydroxyl groups is 1. The number of ketones is 1. The molecule has 1 unspecified atom stereocenters. The van der Waals surface area contributed by atoms with Crippen LogP contribution in [0, 0.1) is 0 Å². The first-order valence-electron chi connectivity index (χ1n) is 10.7. The second kappa shape index (κ2) is 9.72. The Kier molecular flexibility index (Phi) is 6.55. The number of methoxy groups -OCH3 is 2. The molecule has 0 spiro atoms. The number of phenols is 1. The summed E-state index contributed by atoms with van der Waals surface area (Å²) in [6.45, 7) is 0. The number of ether oxygens (including phenoxy) is 2. The van der Waals surface area contributed by atoms with Crippen molar-refractivity contribution in [2.24, 2.45) is 0 Å². The minimum Gasteiger partial charge on any atom is -0.508 e. The average Bonchev–Trinajstić information content (AvgIpc) is 3.14. The molecule has 178 valence electrons. The normalized spacial score (nSPS) is 16.9. The molecule has 4 rings (SSSR count). The fourth-order valence-electron chi connectivity index (χ4n) is 4.03. The van der Waals surface area contributed by atoms with Gasteiger partial charge in [-0.1, -0.05) is 24.3 Å². The van der Waals surface area contributed by atoms with Gasteiger partial charge in [0.05, 0.1) is 32.3 Å². The van der Waals surface area contributed by atoms with Crippen molar-refractivity contribution in [3.05, 3.63) is 95.1 Å². The lowest BCUT2D eigenvalue weighted by molar-refractivity contribution is -0.139. The van der Waals surface area contributed by atoms with Crippen LogP contribution in [0.15, 0.2) is 78.4 Å². The number of carbonyl (C=O) groups excluding carboxylic acids is 3. The fourth-order valence-corrected chi connectivity index (χ4v) is 4.03. The summed E-state index contributed by atoms with van der Waals surface area (Å²) in [6, 6.07) is 18.2. The first-order chi connectivity index (χ1) is 16.8. The highest BCUT2D eigenvalue weighted by atomic mass is 16.5.